The first-order valence-corrected chi connectivity index (χ1v) is 6.12. The summed E-state index contributed by atoms with van der Waals surface area (Å²) in [6.45, 7) is 4.72. The number of nitrogens with zero attached hydrogens (tertiary/aromatic N) is 2. The number of anilines is 2. The molecule has 0 saturated carbocycles. The Morgan fingerprint density at radius 1 is 1.42 bits per heavy atom. The van der Waals surface area contributed by atoms with Gasteiger partial charge < -0.3 is 9.73 Å². The summed E-state index contributed by atoms with van der Waals surface area (Å²) in [6.07, 6.45) is 4.02. The van der Waals surface area contributed by atoms with Crippen LogP contribution in [0.2, 0.25) is 0 Å². The van der Waals surface area contributed by atoms with E-state index in [9.17, 15) is 4.79 Å². The summed E-state index contributed by atoms with van der Waals surface area (Å²) in [5, 5.41) is 5.70. The van der Waals surface area contributed by atoms with Gasteiger partial charge in [-0.05, 0) is 25.5 Å². The van der Waals surface area contributed by atoms with Crippen molar-refractivity contribution >= 4 is 17.7 Å². The number of carbonyl (C=O) groups excluding carboxylic acids is 1. The molecule has 0 radical (unpaired) electrons. The van der Waals surface area contributed by atoms with Crippen molar-refractivity contribution in [3.05, 3.63) is 35.9 Å². The van der Waals surface area contributed by atoms with Gasteiger partial charge in [0.15, 0.2) is 0 Å². The van der Waals surface area contributed by atoms with Crippen molar-refractivity contribution in [2.45, 2.75) is 20.3 Å². The highest BCUT2D eigenvalue weighted by Crippen LogP contribution is 2.10. The molecule has 6 heteroatoms. The van der Waals surface area contributed by atoms with Gasteiger partial charge in [-0.15, -0.1) is 0 Å². The predicted octanol–water partition coefficient (Wildman–Crippen LogP) is 2.45. The lowest BCUT2D eigenvalue weighted by Gasteiger charge is -2.04. The van der Waals surface area contributed by atoms with Crippen LogP contribution in [0.25, 0.3) is 0 Å². The van der Waals surface area contributed by atoms with E-state index in [4.69, 9.17) is 4.42 Å². The van der Waals surface area contributed by atoms with Crippen LogP contribution < -0.4 is 10.6 Å². The number of hydrogen-bond donors (Lipinski definition) is 2. The van der Waals surface area contributed by atoms with Crippen LogP contribution in [0.4, 0.5) is 11.8 Å². The number of amides is 1. The average Bonchev–Trinajstić information content (AvgIpc) is 2.82. The standard InChI is InChI=1S/C13H16N4O2/c1-3-6-14-11-5-4-10(7-15-11)12(18)17-13-16-9(2)8-19-13/h4-5,7-8H,3,6H2,1-2H3,(H,14,15)(H,16,17,18). The molecule has 0 spiro atoms. The lowest BCUT2D eigenvalue weighted by atomic mass is 10.2. The van der Waals surface area contributed by atoms with Gasteiger partial charge in [-0.25, -0.2) is 4.98 Å². The number of aryl methyl sites for hydroxylation is 1. The Bertz CT molecular complexity index is 548. The van der Waals surface area contributed by atoms with E-state index in [1.165, 1.54) is 12.5 Å². The molecule has 0 aliphatic heterocycles. The first-order chi connectivity index (χ1) is 9.19. The molecule has 0 atom stereocenters. The summed E-state index contributed by atoms with van der Waals surface area (Å²) < 4.78 is 5.06. The van der Waals surface area contributed by atoms with E-state index in [0.717, 1.165) is 18.8 Å². The third kappa shape index (κ3) is 3.54. The molecule has 6 nitrogen and oxygen atoms in total. The number of rotatable bonds is 5. The minimum Gasteiger partial charge on any atom is -0.432 e. The Balaban J connectivity index is 1.99. The van der Waals surface area contributed by atoms with Crippen molar-refractivity contribution in [3.8, 4) is 0 Å². The average molecular weight is 260 g/mol. The molecule has 0 aliphatic rings. The maximum atomic E-state index is 11.9. The second-order valence-electron chi connectivity index (χ2n) is 4.11. The summed E-state index contributed by atoms with van der Waals surface area (Å²) in [5.41, 5.74) is 1.17. The lowest BCUT2D eigenvalue weighted by molar-refractivity contribution is 0.102. The van der Waals surface area contributed by atoms with Crippen LogP contribution in [0.3, 0.4) is 0 Å². The Morgan fingerprint density at radius 3 is 2.84 bits per heavy atom. The highest BCUT2D eigenvalue weighted by atomic mass is 16.4. The fourth-order valence-electron chi connectivity index (χ4n) is 1.47. The van der Waals surface area contributed by atoms with Crippen LogP contribution in [0.1, 0.15) is 29.4 Å². The van der Waals surface area contributed by atoms with Crippen LogP contribution in [-0.2, 0) is 0 Å². The third-order valence-corrected chi connectivity index (χ3v) is 2.42. The van der Waals surface area contributed by atoms with Crippen molar-refractivity contribution in [3.63, 3.8) is 0 Å². The van der Waals surface area contributed by atoms with E-state index in [1.807, 2.05) is 0 Å². The SMILES string of the molecule is CCCNc1ccc(C(=O)Nc2nc(C)co2)cn1. The highest BCUT2D eigenvalue weighted by Gasteiger charge is 2.09. The van der Waals surface area contributed by atoms with Gasteiger partial charge in [-0.2, -0.15) is 4.98 Å². The van der Waals surface area contributed by atoms with Crippen molar-refractivity contribution in [2.75, 3.05) is 17.2 Å². The number of oxazole rings is 1. The van der Waals surface area contributed by atoms with Gasteiger partial charge in [0, 0.05) is 12.7 Å². The Hall–Kier alpha value is -2.37. The van der Waals surface area contributed by atoms with Crippen molar-refractivity contribution in [1.29, 1.82) is 0 Å². The van der Waals surface area contributed by atoms with Gasteiger partial charge >= 0.3 is 6.01 Å². The predicted molar refractivity (Wildman–Crippen MR) is 72.2 cm³/mol. The summed E-state index contributed by atoms with van der Waals surface area (Å²) in [7, 11) is 0. The van der Waals surface area contributed by atoms with Gasteiger partial charge in [0.1, 0.15) is 12.1 Å². The molecule has 0 aliphatic carbocycles. The molecular formula is C13H16N4O2. The molecular weight excluding hydrogens is 244 g/mol. The van der Waals surface area contributed by atoms with Crippen LogP contribution in [-0.4, -0.2) is 22.4 Å². The van der Waals surface area contributed by atoms with E-state index in [2.05, 4.69) is 27.5 Å². The first-order valence-electron chi connectivity index (χ1n) is 6.12. The molecule has 1 amide bonds. The molecule has 0 fully saturated rings. The largest absolute Gasteiger partial charge is 0.432 e. The van der Waals surface area contributed by atoms with Gasteiger partial charge in [0.05, 0.1) is 11.3 Å². The molecule has 2 rings (SSSR count). The maximum Gasteiger partial charge on any atom is 0.301 e. The van der Waals surface area contributed by atoms with Crippen molar-refractivity contribution in [1.82, 2.24) is 9.97 Å². The zero-order valence-electron chi connectivity index (χ0n) is 10.9. The zero-order chi connectivity index (χ0) is 13.7. The lowest BCUT2D eigenvalue weighted by Crippen LogP contribution is -2.13. The van der Waals surface area contributed by atoms with Gasteiger partial charge in [-0.1, -0.05) is 6.92 Å². The molecule has 2 N–H and O–H groups in total. The van der Waals surface area contributed by atoms with Gasteiger partial charge in [0.2, 0.25) is 0 Å². The summed E-state index contributed by atoms with van der Waals surface area (Å²) >= 11 is 0. The van der Waals surface area contributed by atoms with Crippen LogP contribution >= 0.6 is 0 Å². The third-order valence-electron chi connectivity index (χ3n) is 2.42. The van der Waals surface area contributed by atoms with E-state index in [0.29, 0.717) is 11.3 Å². The molecule has 0 aromatic carbocycles. The highest BCUT2D eigenvalue weighted by molar-refractivity contribution is 6.02. The minimum atomic E-state index is -0.295. The van der Waals surface area contributed by atoms with Crippen LogP contribution in [0, 0.1) is 6.92 Å². The number of pyridine rings is 1. The summed E-state index contributed by atoms with van der Waals surface area (Å²) in [5.74, 6) is 0.460. The van der Waals surface area contributed by atoms with Gasteiger partial charge in [-0.3, -0.25) is 10.1 Å². The molecule has 100 valence electrons. The van der Waals surface area contributed by atoms with E-state index >= 15 is 0 Å². The maximum absolute atomic E-state index is 11.9. The zero-order valence-corrected chi connectivity index (χ0v) is 10.9. The second-order valence-corrected chi connectivity index (χ2v) is 4.11. The molecule has 19 heavy (non-hydrogen) atoms. The minimum absolute atomic E-state index is 0.190. The molecule has 2 aromatic rings. The Labute approximate surface area is 111 Å². The molecule has 0 unspecified atom stereocenters. The normalized spacial score (nSPS) is 10.2. The van der Waals surface area contributed by atoms with Crippen LogP contribution in [0.15, 0.2) is 29.0 Å². The quantitative estimate of drug-likeness (QED) is 0.863. The fourth-order valence-corrected chi connectivity index (χ4v) is 1.47. The Kier molecular flexibility index (Phi) is 4.12. The van der Waals surface area contributed by atoms with Gasteiger partial charge in [0.25, 0.3) is 5.91 Å². The second kappa shape index (κ2) is 5.99. The summed E-state index contributed by atoms with van der Waals surface area (Å²) in [6, 6.07) is 3.66. The monoisotopic (exact) mass is 260 g/mol. The van der Waals surface area contributed by atoms with E-state index in [-0.39, 0.29) is 11.9 Å². The number of hydrogen-bond acceptors (Lipinski definition) is 5. The molecule has 0 saturated heterocycles. The summed E-state index contributed by atoms with van der Waals surface area (Å²) in [4.78, 5) is 20.0. The molecule has 2 aromatic heterocycles. The number of carbonyl (C=O) groups is 1. The number of nitrogens with one attached hydrogen (secondary N) is 2. The molecule has 2 heterocycles. The smallest absolute Gasteiger partial charge is 0.301 e. The van der Waals surface area contributed by atoms with E-state index in [1.54, 1.807) is 19.1 Å². The van der Waals surface area contributed by atoms with E-state index < -0.39 is 0 Å². The number of aromatic nitrogens is 2. The topological polar surface area (TPSA) is 80.0 Å². The fraction of sp³-hybridized carbons (Fsp3) is 0.308. The van der Waals surface area contributed by atoms with Crippen LogP contribution in [0.5, 0.6) is 0 Å². The van der Waals surface area contributed by atoms with Crippen molar-refractivity contribution in [2.24, 2.45) is 0 Å². The Morgan fingerprint density at radius 2 is 2.26 bits per heavy atom. The van der Waals surface area contributed by atoms with Crippen molar-refractivity contribution < 1.29 is 9.21 Å². The molecule has 0 bridgehead atoms. The first kappa shape index (κ1) is 13.1.